The van der Waals surface area contributed by atoms with Crippen molar-refractivity contribution in [2.75, 3.05) is 13.1 Å². The Balaban J connectivity index is 1.38. The summed E-state index contributed by atoms with van der Waals surface area (Å²) < 4.78 is 45.6. The predicted octanol–water partition coefficient (Wildman–Crippen LogP) is 3.30. The van der Waals surface area contributed by atoms with Crippen molar-refractivity contribution in [2.24, 2.45) is 5.92 Å². The highest BCUT2D eigenvalue weighted by atomic mass is 32.2. The molecule has 4 rings (SSSR count). The number of nitrogens with zero attached hydrogens (tertiary/aromatic N) is 4. The van der Waals surface area contributed by atoms with Crippen molar-refractivity contribution in [3.63, 3.8) is 0 Å². The number of aromatic nitrogens is 3. The summed E-state index contributed by atoms with van der Waals surface area (Å²) in [5.74, 6) is 0.718. The molecule has 3 heterocycles. The van der Waals surface area contributed by atoms with Crippen molar-refractivity contribution in [1.82, 2.24) is 19.4 Å². The summed E-state index contributed by atoms with van der Waals surface area (Å²) in [6.07, 6.45) is 4.76. The molecule has 29 heavy (non-hydrogen) atoms. The van der Waals surface area contributed by atoms with Gasteiger partial charge in [0, 0.05) is 25.7 Å². The zero-order chi connectivity index (χ0) is 20.3. The first-order valence-electron chi connectivity index (χ1n) is 9.52. The minimum Gasteiger partial charge on any atom is -0.332 e. The van der Waals surface area contributed by atoms with Gasteiger partial charge in [0.2, 0.25) is 10.0 Å². The largest absolute Gasteiger partial charge is 0.332 e. The van der Waals surface area contributed by atoms with Crippen LogP contribution in [-0.4, -0.2) is 40.9 Å². The molecule has 1 saturated heterocycles. The smallest absolute Gasteiger partial charge is 0.276 e. The summed E-state index contributed by atoms with van der Waals surface area (Å²) in [5.41, 5.74) is 0.625. The van der Waals surface area contributed by atoms with E-state index >= 15 is 0 Å². The van der Waals surface area contributed by atoms with Gasteiger partial charge in [0.1, 0.15) is 11.5 Å². The summed E-state index contributed by atoms with van der Waals surface area (Å²) in [7, 11) is -3.62. The third-order valence-corrected chi connectivity index (χ3v) is 6.94. The Bertz CT molecular complexity index is 1050. The first kappa shape index (κ1) is 19.7. The minimum atomic E-state index is -3.62. The molecule has 1 fully saturated rings. The topological polar surface area (TPSA) is 89.2 Å². The van der Waals surface area contributed by atoms with E-state index in [9.17, 15) is 12.8 Å². The van der Waals surface area contributed by atoms with Crippen molar-refractivity contribution in [1.29, 1.82) is 0 Å². The molecule has 3 aromatic rings. The second-order valence-corrected chi connectivity index (χ2v) is 9.03. The van der Waals surface area contributed by atoms with Crippen LogP contribution in [0.5, 0.6) is 0 Å². The van der Waals surface area contributed by atoms with Gasteiger partial charge in [0.05, 0.1) is 4.90 Å². The molecule has 1 aliphatic rings. The zero-order valence-corrected chi connectivity index (χ0v) is 16.6. The lowest BCUT2D eigenvalue weighted by Gasteiger charge is -2.31. The molecule has 0 saturated carbocycles. The predicted molar refractivity (Wildman–Crippen MR) is 104 cm³/mol. The molecule has 1 atom stereocenters. The lowest BCUT2D eigenvalue weighted by molar-refractivity contribution is 0.254. The number of halogens is 1. The molecular formula is C20H21FN4O3S. The van der Waals surface area contributed by atoms with Gasteiger partial charge in [0.25, 0.3) is 5.89 Å². The molecule has 1 aromatic carbocycles. The number of pyridine rings is 1. The maximum absolute atomic E-state index is 13.1. The molecule has 2 aromatic heterocycles. The Morgan fingerprint density at radius 1 is 1.17 bits per heavy atom. The highest BCUT2D eigenvalue weighted by Crippen LogP contribution is 2.26. The van der Waals surface area contributed by atoms with Crippen LogP contribution in [0.3, 0.4) is 0 Å². The average Bonchev–Trinajstić information content (AvgIpc) is 3.23. The molecule has 0 radical (unpaired) electrons. The summed E-state index contributed by atoms with van der Waals surface area (Å²) in [6, 6.07) is 10.4. The Morgan fingerprint density at radius 2 is 2.00 bits per heavy atom. The van der Waals surface area contributed by atoms with Gasteiger partial charge in [-0.05, 0) is 61.6 Å². The minimum absolute atomic E-state index is 0.123. The lowest BCUT2D eigenvalue weighted by Crippen LogP contribution is -2.40. The maximum atomic E-state index is 13.1. The van der Waals surface area contributed by atoms with Crippen LogP contribution < -0.4 is 0 Å². The van der Waals surface area contributed by atoms with Crippen LogP contribution in [0.1, 0.15) is 25.1 Å². The van der Waals surface area contributed by atoms with Gasteiger partial charge in [-0.15, -0.1) is 0 Å². The fraction of sp³-hybridized carbons (Fsp3) is 0.350. The van der Waals surface area contributed by atoms with E-state index in [0.29, 0.717) is 36.9 Å². The summed E-state index contributed by atoms with van der Waals surface area (Å²) >= 11 is 0. The van der Waals surface area contributed by atoms with Crippen molar-refractivity contribution >= 4 is 10.0 Å². The van der Waals surface area contributed by atoms with Crippen LogP contribution >= 0.6 is 0 Å². The fourth-order valence-corrected chi connectivity index (χ4v) is 5.07. The highest BCUT2D eigenvalue weighted by Gasteiger charge is 2.30. The average molecular weight is 416 g/mol. The van der Waals surface area contributed by atoms with Crippen LogP contribution in [0, 0.1) is 11.7 Å². The number of hydrogen-bond donors (Lipinski definition) is 0. The fourth-order valence-electron chi connectivity index (χ4n) is 3.52. The van der Waals surface area contributed by atoms with Crippen LogP contribution in [0.25, 0.3) is 11.6 Å². The number of hydrogen-bond acceptors (Lipinski definition) is 6. The summed E-state index contributed by atoms with van der Waals surface area (Å²) in [6.45, 7) is 0.910. The van der Waals surface area contributed by atoms with Gasteiger partial charge in [-0.25, -0.2) is 12.8 Å². The van der Waals surface area contributed by atoms with E-state index in [2.05, 4.69) is 15.1 Å². The summed E-state index contributed by atoms with van der Waals surface area (Å²) in [5, 5.41) is 4.01. The third-order valence-electron chi connectivity index (χ3n) is 5.06. The molecule has 0 amide bonds. The summed E-state index contributed by atoms with van der Waals surface area (Å²) in [4.78, 5) is 8.69. The van der Waals surface area contributed by atoms with Crippen molar-refractivity contribution in [3.8, 4) is 11.6 Å². The maximum Gasteiger partial charge on any atom is 0.276 e. The number of piperidine rings is 1. The first-order valence-corrected chi connectivity index (χ1v) is 11.0. The van der Waals surface area contributed by atoms with E-state index in [-0.39, 0.29) is 10.8 Å². The number of sulfonamides is 1. The Labute approximate surface area is 168 Å². The molecule has 0 bridgehead atoms. The lowest BCUT2D eigenvalue weighted by atomic mass is 9.94. The Hall–Kier alpha value is -2.65. The zero-order valence-electron chi connectivity index (χ0n) is 15.7. The molecule has 1 aliphatic heterocycles. The molecule has 1 unspecified atom stereocenters. The van der Waals surface area contributed by atoms with Crippen LogP contribution in [-0.2, 0) is 16.4 Å². The number of rotatable bonds is 6. The molecule has 9 heteroatoms. The highest BCUT2D eigenvalue weighted by molar-refractivity contribution is 7.89. The van der Waals surface area contributed by atoms with Gasteiger partial charge in [0.15, 0.2) is 5.82 Å². The van der Waals surface area contributed by atoms with E-state index in [1.54, 1.807) is 12.3 Å². The van der Waals surface area contributed by atoms with E-state index in [1.807, 2.05) is 12.1 Å². The van der Waals surface area contributed by atoms with Crippen molar-refractivity contribution in [2.45, 2.75) is 30.6 Å². The quantitative estimate of drug-likeness (QED) is 0.613. The SMILES string of the molecule is O=S(=O)(c1ccc(F)cc1)N1CCCC(CCc2noc(-c3ccccn3)n2)C1. The second kappa shape index (κ2) is 8.38. The Morgan fingerprint density at radius 3 is 2.76 bits per heavy atom. The van der Waals surface area contributed by atoms with E-state index in [0.717, 1.165) is 19.3 Å². The van der Waals surface area contributed by atoms with Gasteiger partial charge in [-0.3, -0.25) is 4.98 Å². The molecule has 0 aliphatic carbocycles. The van der Waals surface area contributed by atoms with E-state index in [1.165, 1.54) is 28.6 Å². The van der Waals surface area contributed by atoms with E-state index < -0.39 is 15.8 Å². The molecule has 0 N–H and O–H groups in total. The van der Waals surface area contributed by atoms with Crippen molar-refractivity contribution in [3.05, 3.63) is 60.3 Å². The van der Waals surface area contributed by atoms with Crippen molar-refractivity contribution < 1.29 is 17.3 Å². The Kier molecular flexibility index (Phi) is 5.68. The van der Waals surface area contributed by atoms with Crippen LogP contribution in [0.2, 0.25) is 0 Å². The van der Waals surface area contributed by atoms with Gasteiger partial charge in [-0.2, -0.15) is 9.29 Å². The first-order chi connectivity index (χ1) is 14.0. The number of aryl methyl sites for hydroxylation is 1. The monoisotopic (exact) mass is 416 g/mol. The standard InChI is InChI=1S/C20H21FN4O3S/c21-16-7-9-17(10-8-16)29(26,27)25-13-3-4-15(14-25)6-11-19-23-20(28-24-19)18-5-1-2-12-22-18/h1-2,5,7-10,12,15H,3-4,6,11,13-14H2. The molecule has 7 nitrogen and oxygen atoms in total. The van der Waals surface area contributed by atoms with Gasteiger partial charge >= 0.3 is 0 Å². The van der Waals surface area contributed by atoms with Gasteiger partial charge in [-0.1, -0.05) is 11.2 Å². The number of benzene rings is 1. The van der Waals surface area contributed by atoms with Crippen LogP contribution in [0.4, 0.5) is 4.39 Å². The third kappa shape index (κ3) is 4.51. The van der Waals surface area contributed by atoms with Crippen LogP contribution in [0.15, 0.2) is 58.1 Å². The van der Waals surface area contributed by atoms with E-state index in [4.69, 9.17) is 4.52 Å². The molecule has 0 spiro atoms. The second-order valence-electron chi connectivity index (χ2n) is 7.09. The molecule has 152 valence electrons. The molecular weight excluding hydrogens is 395 g/mol. The normalized spacial score (nSPS) is 18.0. The van der Waals surface area contributed by atoms with Gasteiger partial charge < -0.3 is 4.52 Å².